The molecule has 130 valence electrons. The maximum absolute atomic E-state index is 14.2. The predicted molar refractivity (Wildman–Crippen MR) is 112 cm³/mol. The molecule has 0 saturated heterocycles. The number of hydrogen-bond acceptors (Lipinski definition) is 2. The minimum atomic E-state index is -0.383. The average Bonchev–Trinajstić information content (AvgIpc) is 2.52. The number of allylic oxidation sites excluding steroid dienone is 1. The van der Waals surface area contributed by atoms with Gasteiger partial charge in [-0.15, -0.1) is 0 Å². The Hall–Kier alpha value is -2.05. The Bertz CT molecular complexity index is 842. The van der Waals surface area contributed by atoms with Crippen molar-refractivity contribution in [2.45, 2.75) is 20.8 Å². The van der Waals surface area contributed by atoms with Crippen LogP contribution >= 0.6 is 28.1 Å². The third-order valence-corrected chi connectivity index (χ3v) is 4.28. The van der Waals surface area contributed by atoms with E-state index in [4.69, 9.17) is 12.2 Å². The first kappa shape index (κ1) is 19.3. The average molecular weight is 420 g/mol. The van der Waals surface area contributed by atoms with Crippen molar-refractivity contribution in [3.63, 3.8) is 0 Å². The number of nitrogens with one attached hydrogen (secondary N) is 2. The topological polar surface area (TPSA) is 36.4 Å². The lowest BCUT2D eigenvalue weighted by atomic mass is 10.0. The second-order valence-electron chi connectivity index (χ2n) is 5.72. The lowest BCUT2D eigenvalue weighted by molar-refractivity contribution is 0.624. The highest BCUT2D eigenvalue weighted by Crippen LogP contribution is 2.24. The molecule has 3 nitrogen and oxygen atoms in total. The lowest BCUT2D eigenvalue weighted by Crippen LogP contribution is -2.24. The van der Waals surface area contributed by atoms with Gasteiger partial charge in [-0.05, 0) is 61.8 Å². The van der Waals surface area contributed by atoms with Crippen LogP contribution in [0, 0.1) is 19.7 Å². The van der Waals surface area contributed by atoms with Crippen molar-refractivity contribution in [1.82, 2.24) is 5.43 Å². The highest BCUT2D eigenvalue weighted by Gasteiger charge is 2.09. The maximum Gasteiger partial charge on any atom is 0.191 e. The van der Waals surface area contributed by atoms with E-state index in [1.165, 1.54) is 12.3 Å². The van der Waals surface area contributed by atoms with Gasteiger partial charge in [0.2, 0.25) is 0 Å². The SMILES string of the molecule is C=C(C)c1cc(Br)cc(F)c1C=NNC(=S)Nc1c(C)cccc1C. The van der Waals surface area contributed by atoms with Crippen molar-refractivity contribution < 1.29 is 4.39 Å². The summed E-state index contributed by atoms with van der Waals surface area (Å²) in [6.07, 6.45) is 1.41. The van der Waals surface area contributed by atoms with Crippen LogP contribution in [0.25, 0.3) is 5.57 Å². The van der Waals surface area contributed by atoms with Gasteiger partial charge in [0, 0.05) is 15.7 Å². The van der Waals surface area contributed by atoms with Crippen LogP contribution < -0.4 is 10.7 Å². The molecule has 0 bridgehead atoms. The Morgan fingerprint density at radius 3 is 2.52 bits per heavy atom. The molecule has 0 spiro atoms. The number of halogens is 2. The normalized spacial score (nSPS) is 10.8. The number of benzene rings is 2. The van der Waals surface area contributed by atoms with Crippen LogP contribution in [-0.2, 0) is 0 Å². The molecule has 0 amide bonds. The molecular weight excluding hydrogens is 401 g/mol. The van der Waals surface area contributed by atoms with E-state index < -0.39 is 0 Å². The largest absolute Gasteiger partial charge is 0.331 e. The van der Waals surface area contributed by atoms with Crippen molar-refractivity contribution in [3.05, 3.63) is 69.5 Å². The van der Waals surface area contributed by atoms with Crippen LogP contribution in [0.3, 0.4) is 0 Å². The maximum atomic E-state index is 14.2. The van der Waals surface area contributed by atoms with Gasteiger partial charge in [-0.3, -0.25) is 5.43 Å². The molecule has 0 unspecified atom stereocenters. The van der Waals surface area contributed by atoms with Crippen LogP contribution in [0.1, 0.15) is 29.2 Å². The summed E-state index contributed by atoms with van der Waals surface area (Å²) >= 11 is 8.54. The van der Waals surface area contributed by atoms with Gasteiger partial charge in [0.05, 0.1) is 6.21 Å². The first-order chi connectivity index (χ1) is 11.8. The summed E-state index contributed by atoms with van der Waals surface area (Å²) < 4.78 is 14.9. The van der Waals surface area contributed by atoms with Gasteiger partial charge in [-0.25, -0.2) is 4.39 Å². The first-order valence-electron chi connectivity index (χ1n) is 7.60. The van der Waals surface area contributed by atoms with Gasteiger partial charge < -0.3 is 5.32 Å². The summed E-state index contributed by atoms with van der Waals surface area (Å²) in [4.78, 5) is 0. The van der Waals surface area contributed by atoms with Gasteiger partial charge in [0.15, 0.2) is 5.11 Å². The molecule has 0 aromatic heterocycles. The number of nitrogens with zero attached hydrogens (tertiary/aromatic N) is 1. The third-order valence-electron chi connectivity index (χ3n) is 3.63. The zero-order chi connectivity index (χ0) is 18.6. The standard InChI is InChI=1S/C19H19BrFN3S/c1-11(2)15-8-14(20)9-17(21)16(15)10-22-24-19(25)23-18-12(3)6-5-7-13(18)4/h5-10H,1H2,2-4H3,(H2,23,24,25). The molecule has 2 N–H and O–H groups in total. The first-order valence-corrected chi connectivity index (χ1v) is 8.81. The van der Waals surface area contributed by atoms with Crippen LogP contribution in [0.15, 0.2) is 46.5 Å². The van der Waals surface area contributed by atoms with Crippen molar-refractivity contribution in [2.75, 3.05) is 5.32 Å². The quantitative estimate of drug-likeness (QED) is 0.386. The molecule has 0 heterocycles. The van der Waals surface area contributed by atoms with E-state index in [2.05, 4.69) is 38.4 Å². The molecule has 0 aliphatic rings. The highest BCUT2D eigenvalue weighted by atomic mass is 79.9. The molecule has 2 aromatic carbocycles. The zero-order valence-corrected chi connectivity index (χ0v) is 16.7. The second kappa shape index (κ2) is 8.36. The fourth-order valence-corrected chi connectivity index (χ4v) is 2.96. The number of rotatable bonds is 4. The molecule has 0 fully saturated rings. The summed E-state index contributed by atoms with van der Waals surface area (Å²) in [5.74, 6) is -0.383. The van der Waals surface area contributed by atoms with E-state index in [0.717, 1.165) is 22.4 Å². The molecule has 0 radical (unpaired) electrons. The monoisotopic (exact) mass is 419 g/mol. The Balaban J connectivity index is 2.14. The van der Waals surface area contributed by atoms with Gasteiger partial charge >= 0.3 is 0 Å². The lowest BCUT2D eigenvalue weighted by Gasteiger charge is -2.13. The van der Waals surface area contributed by atoms with E-state index in [-0.39, 0.29) is 5.82 Å². The summed E-state index contributed by atoms with van der Waals surface area (Å²) in [6, 6.07) is 9.18. The summed E-state index contributed by atoms with van der Waals surface area (Å²) in [6.45, 7) is 9.69. The van der Waals surface area contributed by atoms with Gasteiger partial charge in [0.25, 0.3) is 0 Å². The van der Waals surface area contributed by atoms with Crippen LogP contribution in [-0.4, -0.2) is 11.3 Å². The zero-order valence-electron chi connectivity index (χ0n) is 14.3. The number of hydrazone groups is 1. The van der Waals surface area contributed by atoms with E-state index >= 15 is 0 Å². The Labute approximate surface area is 161 Å². The fraction of sp³-hybridized carbons (Fsp3) is 0.158. The summed E-state index contributed by atoms with van der Waals surface area (Å²) in [5, 5.41) is 7.51. The number of para-hydroxylation sites is 1. The fourth-order valence-electron chi connectivity index (χ4n) is 2.38. The Morgan fingerprint density at radius 1 is 1.28 bits per heavy atom. The number of hydrogen-bond donors (Lipinski definition) is 2. The second-order valence-corrected chi connectivity index (χ2v) is 7.04. The molecular formula is C19H19BrFN3S. The number of aryl methyl sites for hydroxylation is 2. The number of thiocarbonyl (C=S) groups is 1. The third kappa shape index (κ3) is 4.96. The molecule has 6 heteroatoms. The number of anilines is 1. The van der Waals surface area contributed by atoms with Crippen molar-refractivity contribution in [2.24, 2.45) is 5.10 Å². The smallest absolute Gasteiger partial charge is 0.191 e. The molecule has 25 heavy (non-hydrogen) atoms. The van der Waals surface area contributed by atoms with Crippen LogP contribution in [0.4, 0.5) is 10.1 Å². The van der Waals surface area contributed by atoms with E-state index in [1.807, 2.05) is 39.0 Å². The molecule has 0 atom stereocenters. The van der Waals surface area contributed by atoms with Gasteiger partial charge in [-0.1, -0.05) is 46.3 Å². The van der Waals surface area contributed by atoms with Gasteiger partial charge in [-0.2, -0.15) is 5.10 Å². The molecule has 0 aliphatic carbocycles. The van der Waals surface area contributed by atoms with E-state index in [1.54, 1.807) is 6.07 Å². The van der Waals surface area contributed by atoms with Gasteiger partial charge in [0.1, 0.15) is 5.82 Å². The molecule has 2 aromatic rings. The summed E-state index contributed by atoms with van der Waals surface area (Å²) in [5.41, 5.74) is 7.62. The molecule has 0 aliphatic heterocycles. The minimum absolute atomic E-state index is 0.336. The van der Waals surface area contributed by atoms with E-state index in [9.17, 15) is 4.39 Å². The molecule has 0 saturated carbocycles. The van der Waals surface area contributed by atoms with Crippen molar-refractivity contribution in [1.29, 1.82) is 0 Å². The predicted octanol–water partition coefficient (Wildman–Crippen LogP) is 5.56. The Kier molecular flexibility index (Phi) is 6.45. The molecule has 2 rings (SSSR count). The Morgan fingerprint density at radius 2 is 1.92 bits per heavy atom. The van der Waals surface area contributed by atoms with E-state index in [0.29, 0.717) is 20.7 Å². The summed E-state index contributed by atoms with van der Waals surface area (Å²) in [7, 11) is 0. The highest BCUT2D eigenvalue weighted by molar-refractivity contribution is 9.10. The van der Waals surface area contributed by atoms with Crippen LogP contribution in [0.2, 0.25) is 0 Å². The van der Waals surface area contributed by atoms with Crippen LogP contribution in [0.5, 0.6) is 0 Å². The van der Waals surface area contributed by atoms with Crippen molar-refractivity contribution in [3.8, 4) is 0 Å². The van der Waals surface area contributed by atoms with Crippen molar-refractivity contribution >= 4 is 50.7 Å². The minimum Gasteiger partial charge on any atom is -0.331 e.